The van der Waals surface area contributed by atoms with E-state index < -0.39 is 0 Å². The van der Waals surface area contributed by atoms with Crippen LogP contribution in [-0.2, 0) is 0 Å². The van der Waals surface area contributed by atoms with Gasteiger partial charge >= 0.3 is 0 Å². The highest BCUT2D eigenvalue weighted by molar-refractivity contribution is 6.07. The van der Waals surface area contributed by atoms with Gasteiger partial charge in [0.05, 0.1) is 0 Å². The van der Waals surface area contributed by atoms with Gasteiger partial charge in [-0.15, -0.1) is 0 Å². The molecule has 0 spiro atoms. The fourth-order valence-electron chi connectivity index (χ4n) is 8.16. The minimum Gasteiger partial charge on any atom is -0.456 e. The third-order valence-corrected chi connectivity index (χ3v) is 10.9. The largest absolute Gasteiger partial charge is 0.456 e. The topological polar surface area (TPSA) is 29.5 Å². The molecule has 2 heterocycles. The minimum atomic E-state index is 0.862. The summed E-state index contributed by atoms with van der Waals surface area (Å²) >= 11 is 0. The lowest BCUT2D eigenvalue weighted by Crippen LogP contribution is -2.09. The Morgan fingerprint density at radius 3 is 1.44 bits per heavy atom. The van der Waals surface area contributed by atoms with Crippen molar-refractivity contribution in [1.29, 1.82) is 0 Å². The molecule has 55 heavy (non-hydrogen) atoms. The quantitative estimate of drug-likeness (QED) is 0.173. The molecule has 3 heteroatoms. The van der Waals surface area contributed by atoms with Gasteiger partial charge in [0, 0.05) is 44.7 Å². The van der Waals surface area contributed by atoms with E-state index in [-0.39, 0.29) is 0 Å². The van der Waals surface area contributed by atoms with E-state index in [1.807, 2.05) is 24.3 Å². The fourth-order valence-corrected chi connectivity index (χ4v) is 8.16. The zero-order valence-electron chi connectivity index (χ0n) is 29.8. The van der Waals surface area contributed by atoms with Crippen LogP contribution >= 0.6 is 0 Å². The van der Waals surface area contributed by atoms with Crippen molar-refractivity contribution < 1.29 is 8.83 Å². The first kappa shape index (κ1) is 31.2. The van der Waals surface area contributed by atoms with Crippen LogP contribution in [0.1, 0.15) is 0 Å². The number of fused-ring (bicyclic) bond motifs is 7. The second-order valence-electron chi connectivity index (χ2n) is 14.1. The van der Waals surface area contributed by atoms with Crippen molar-refractivity contribution in [3.05, 3.63) is 200 Å². The predicted molar refractivity (Wildman–Crippen MR) is 229 cm³/mol. The summed E-state index contributed by atoms with van der Waals surface area (Å²) in [5.41, 5.74) is 13.7. The molecule has 258 valence electrons. The van der Waals surface area contributed by atoms with Gasteiger partial charge in [-0.2, -0.15) is 0 Å². The molecular weight excluding hydrogens is 671 g/mol. The molecule has 3 nitrogen and oxygen atoms in total. The molecule has 0 aliphatic carbocycles. The summed E-state index contributed by atoms with van der Waals surface area (Å²) in [4.78, 5) is 2.30. The van der Waals surface area contributed by atoms with Crippen molar-refractivity contribution in [3.8, 4) is 33.4 Å². The molecule has 0 aliphatic heterocycles. The van der Waals surface area contributed by atoms with Gasteiger partial charge in [0.15, 0.2) is 0 Å². The number of nitrogens with zero attached hydrogens (tertiary/aromatic N) is 1. The van der Waals surface area contributed by atoms with Crippen molar-refractivity contribution in [2.75, 3.05) is 4.90 Å². The third kappa shape index (κ3) is 5.36. The second-order valence-corrected chi connectivity index (χ2v) is 14.1. The Morgan fingerprint density at radius 2 is 0.745 bits per heavy atom. The first-order valence-corrected chi connectivity index (χ1v) is 18.7. The Kier molecular flexibility index (Phi) is 7.17. The van der Waals surface area contributed by atoms with Crippen LogP contribution in [0.15, 0.2) is 209 Å². The fraction of sp³-hybridized carbons (Fsp3) is 0. The molecule has 11 rings (SSSR count). The van der Waals surface area contributed by atoms with E-state index >= 15 is 0 Å². The van der Waals surface area contributed by atoms with Crippen LogP contribution in [0.25, 0.3) is 88.0 Å². The van der Waals surface area contributed by atoms with Crippen LogP contribution in [0, 0.1) is 0 Å². The Bertz CT molecular complexity index is 3200. The SMILES string of the molecule is c1cc(-c2ccc(N(c3ccc(-c4ccc5c(c4)oc4ccccc45)cc3)c3ccc4c(c3)oc3ccccc34)cc2)cc(-c2cccc3ccccc23)c1. The van der Waals surface area contributed by atoms with Gasteiger partial charge in [0.1, 0.15) is 22.3 Å². The highest BCUT2D eigenvalue weighted by Gasteiger charge is 2.17. The van der Waals surface area contributed by atoms with E-state index in [9.17, 15) is 0 Å². The van der Waals surface area contributed by atoms with Crippen molar-refractivity contribution in [2.45, 2.75) is 0 Å². The summed E-state index contributed by atoms with van der Waals surface area (Å²) in [5, 5.41) is 7.01. The maximum atomic E-state index is 6.36. The van der Waals surface area contributed by atoms with Gasteiger partial charge in [-0.1, -0.05) is 127 Å². The van der Waals surface area contributed by atoms with Crippen LogP contribution in [0.2, 0.25) is 0 Å². The summed E-state index contributed by atoms with van der Waals surface area (Å²) in [6.45, 7) is 0. The monoisotopic (exact) mass is 703 g/mol. The maximum absolute atomic E-state index is 6.36. The smallest absolute Gasteiger partial charge is 0.137 e. The first-order chi connectivity index (χ1) is 27.2. The molecule has 0 fully saturated rings. The number of hydrogen-bond donors (Lipinski definition) is 0. The van der Waals surface area contributed by atoms with E-state index in [0.29, 0.717) is 0 Å². The number of anilines is 3. The van der Waals surface area contributed by atoms with Crippen LogP contribution in [-0.4, -0.2) is 0 Å². The molecule has 0 aliphatic rings. The summed E-state index contributed by atoms with van der Waals surface area (Å²) in [5.74, 6) is 0. The summed E-state index contributed by atoms with van der Waals surface area (Å²) < 4.78 is 12.6. The number of benzene rings is 9. The van der Waals surface area contributed by atoms with Gasteiger partial charge < -0.3 is 13.7 Å². The third-order valence-electron chi connectivity index (χ3n) is 10.9. The number of hydrogen-bond acceptors (Lipinski definition) is 3. The molecule has 2 aromatic heterocycles. The van der Waals surface area contributed by atoms with Gasteiger partial charge in [-0.3, -0.25) is 0 Å². The second kappa shape index (κ2) is 12.6. The molecule has 9 aromatic carbocycles. The highest BCUT2D eigenvalue weighted by atomic mass is 16.3. The molecule has 0 radical (unpaired) electrons. The standard InChI is InChI=1S/C52H33NO2/c1-2-13-43-36(9-1)10-8-16-44(43)39-12-7-11-37(31-39)34-19-24-40(25-20-34)53(42-28-30-48-46-15-4-6-18-50(46)55-52(48)33-42)41-26-21-35(22-27-41)38-23-29-47-45-14-3-5-17-49(45)54-51(47)32-38/h1-33H. The van der Waals surface area contributed by atoms with E-state index in [1.165, 1.54) is 27.5 Å². The Hall–Kier alpha value is -7.36. The lowest BCUT2D eigenvalue weighted by Gasteiger charge is -2.26. The van der Waals surface area contributed by atoms with E-state index in [2.05, 4.69) is 181 Å². The van der Waals surface area contributed by atoms with Crippen LogP contribution in [0.4, 0.5) is 17.1 Å². The lowest BCUT2D eigenvalue weighted by atomic mass is 9.95. The number of furan rings is 2. The van der Waals surface area contributed by atoms with Gasteiger partial charge in [0.25, 0.3) is 0 Å². The zero-order valence-corrected chi connectivity index (χ0v) is 29.8. The Morgan fingerprint density at radius 1 is 0.273 bits per heavy atom. The van der Waals surface area contributed by atoms with Gasteiger partial charge in [-0.05, 0) is 111 Å². The first-order valence-electron chi connectivity index (χ1n) is 18.7. The maximum Gasteiger partial charge on any atom is 0.137 e. The van der Waals surface area contributed by atoms with Crippen molar-refractivity contribution >= 4 is 71.7 Å². The van der Waals surface area contributed by atoms with Gasteiger partial charge in [0.2, 0.25) is 0 Å². The van der Waals surface area contributed by atoms with Crippen LogP contribution in [0.3, 0.4) is 0 Å². The average Bonchev–Trinajstić information content (AvgIpc) is 3.82. The van der Waals surface area contributed by atoms with Crippen LogP contribution < -0.4 is 4.90 Å². The van der Waals surface area contributed by atoms with Crippen molar-refractivity contribution in [1.82, 2.24) is 0 Å². The molecule has 0 atom stereocenters. The van der Waals surface area contributed by atoms with Gasteiger partial charge in [-0.25, -0.2) is 0 Å². The van der Waals surface area contributed by atoms with E-state index in [4.69, 9.17) is 8.83 Å². The molecule has 0 saturated carbocycles. The van der Waals surface area contributed by atoms with Crippen molar-refractivity contribution in [2.24, 2.45) is 0 Å². The molecule has 11 aromatic rings. The Labute approximate surface area is 317 Å². The number of rotatable bonds is 6. The summed E-state index contributed by atoms with van der Waals surface area (Å²) in [6.07, 6.45) is 0. The average molecular weight is 704 g/mol. The molecule has 0 saturated heterocycles. The molecule has 0 bridgehead atoms. The predicted octanol–water partition coefficient (Wildman–Crippen LogP) is 15.1. The molecule has 0 unspecified atom stereocenters. The zero-order chi connectivity index (χ0) is 36.3. The molecule has 0 amide bonds. The molecule has 0 N–H and O–H groups in total. The lowest BCUT2D eigenvalue weighted by molar-refractivity contribution is 0.668. The Balaban J connectivity index is 0.979. The van der Waals surface area contributed by atoms with E-state index in [1.54, 1.807) is 0 Å². The highest BCUT2D eigenvalue weighted by Crippen LogP contribution is 2.41. The summed E-state index contributed by atoms with van der Waals surface area (Å²) in [7, 11) is 0. The molecular formula is C52H33NO2. The summed E-state index contributed by atoms with van der Waals surface area (Å²) in [6, 6.07) is 71.1. The van der Waals surface area contributed by atoms with Crippen LogP contribution in [0.5, 0.6) is 0 Å². The number of para-hydroxylation sites is 2. The minimum absolute atomic E-state index is 0.862. The van der Waals surface area contributed by atoms with Crippen molar-refractivity contribution in [3.63, 3.8) is 0 Å². The normalized spacial score (nSPS) is 11.6. The van der Waals surface area contributed by atoms with E-state index in [0.717, 1.165) is 77.6 Å².